The van der Waals surface area contributed by atoms with E-state index in [4.69, 9.17) is 4.74 Å². The summed E-state index contributed by atoms with van der Waals surface area (Å²) in [6.45, 7) is 8.01. The third-order valence-corrected chi connectivity index (χ3v) is 10.3. The van der Waals surface area contributed by atoms with Gasteiger partial charge in [0, 0.05) is 29.4 Å². The smallest absolute Gasteiger partial charge is 0.0991 e. The number of ether oxygens (including phenoxy) is 1. The molecule has 0 radical (unpaired) electrons. The van der Waals surface area contributed by atoms with Gasteiger partial charge in [-0.3, -0.25) is 0 Å². The molecule has 2 heterocycles. The number of fused-ring (bicyclic) bond motifs is 5. The highest BCUT2D eigenvalue weighted by molar-refractivity contribution is 5.50. The zero-order chi connectivity index (χ0) is 22.9. The van der Waals surface area contributed by atoms with Crippen molar-refractivity contribution in [3.05, 3.63) is 83.5 Å². The van der Waals surface area contributed by atoms with E-state index in [2.05, 4.69) is 53.4 Å². The van der Waals surface area contributed by atoms with Crippen LogP contribution in [0.25, 0.3) is 5.69 Å². The second-order valence-corrected chi connectivity index (χ2v) is 11.6. The third-order valence-electron chi connectivity index (χ3n) is 10.3. The van der Waals surface area contributed by atoms with Crippen LogP contribution < -0.4 is 0 Å². The lowest BCUT2D eigenvalue weighted by molar-refractivity contribution is -0.0874. The van der Waals surface area contributed by atoms with Crippen molar-refractivity contribution in [1.82, 2.24) is 9.55 Å². The van der Waals surface area contributed by atoms with Gasteiger partial charge in [0.15, 0.2) is 0 Å². The Hall–Kier alpha value is -2.39. The van der Waals surface area contributed by atoms with Gasteiger partial charge in [-0.1, -0.05) is 37.3 Å². The summed E-state index contributed by atoms with van der Waals surface area (Å²) in [5, 5.41) is 0. The van der Waals surface area contributed by atoms with Crippen LogP contribution in [0.15, 0.2) is 77.9 Å². The zero-order valence-corrected chi connectivity index (χ0v) is 20.4. The molecular formula is C31H36N2O. The van der Waals surface area contributed by atoms with E-state index < -0.39 is 0 Å². The fourth-order valence-corrected chi connectivity index (χ4v) is 8.81. The Balaban J connectivity index is 1.37. The zero-order valence-electron chi connectivity index (χ0n) is 20.4. The van der Waals surface area contributed by atoms with Gasteiger partial charge in [0.25, 0.3) is 0 Å². The number of hydrogen-bond acceptors (Lipinski definition) is 2. The molecule has 34 heavy (non-hydrogen) atoms. The van der Waals surface area contributed by atoms with Crippen LogP contribution in [-0.2, 0) is 4.74 Å². The van der Waals surface area contributed by atoms with Crippen LogP contribution in [0.3, 0.4) is 0 Å². The molecule has 1 aromatic carbocycles. The van der Waals surface area contributed by atoms with Gasteiger partial charge >= 0.3 is 0 Å². The molecule has 5 unspecified atom stereocenters. The topological polar surface area (TPSA) is 27.1 Å². The molecule has 0 N–H and O–H groups in total. The molecule has 1 saturated heterocycles. The van der Waals surface area contributed by atoms with Crippen LogP contribution in [0.1, 0.15) is 76.2 Å². The first-order chi connectivity index (χ1) is 16.6. The van der Waals surface area contributed by atoms with Crippen molar-refractivity contribution in [2.45, 2.75) is 76.2 Å². The Morgan fingerprint density at radius 2 is 2.00 bits per heavy atom. The lowest BCUT2D eigenvalue weighted by atomic mass is 9.50. The molecule has 5 atom stereocenters. The highest BCUT2D eigenvalue weighted by Gasteiger charge is 2.65. The number of imidazole rings is 1. The minimum Gasteiger partial charge on any atom is -0.370 e. The van der Waals surface area contributed by atoms with Crippen LogP contribution in [0.2, 0.25) is 0 Å². The van der Waals surface area contributed by atoms with Gasteiger partial charge in [-0.05, 0) is 104 Å². The van der Waals surface area contributed by atoms with Crippen molar-refractivity contribution >= 4 is 0 Å². The molecule has 176 valence electrons. The highest BCUT2D eigenvalue weighted by Crippen LogP contribution is 2.70. The van der Waals surface area contributed by atoms with Crippen molar-refractivity contribution in [3.8, 4) is 5.69 Å². The van der Waals surface area contributed by atoms with E-state index in [1.165, 1.54) is 68.2 Å². The van der Waals surface area contributed by atoms with Crippen molar-refractivity contribution < 1.29 is 4.74 Å². The molecule has 1 aromatic heterocycles. The average molecular weight is 453 g/mol. The van der Waals surface area contributed by atoms with Crippen molar-refractivity contribution in [1.29, 1.82) is 0 Å². The van der Waals surface area contributed by atoms with Gasteiger partial charge in [-0.15, -0.1) is 0 Å². The normalized spacial score (nSPS) is 36.9. The predicted molar refractivity (Wildman–Crippen MR) is 136 cm³/mol. The number of aromatic nitrogens is 2. The molecule has 2 saturated carbocycles. The van der Waals surface area contributed by atoms with Crippen molar-refractivity contribution in [3.63, 3.8) is 0 Å². The second kappa shape index (κ2) is 7.55. The van der Waals surface area contributed by atoms with E-state index in [1.807, 2.05) is 18.7 Å². The van der Waals surface area contributed by atoms with Gasteiger partial charge < -0.3 is 9.30 Å². The minimum atomic E-state index is -0.106. The number of hydrogen-bond donors (Lipinski definition) is 0. The van der Waals surface area contributed by atoms with Gasteiger partial charge in [-0.25, -0.2) is 4.98 Å². The summed E-state index contributed by atoms with van der Waals surface area (Å²) in [5.41, 5.74) is 9.31. The second-order valence-electron chi connectivity index (χ2n) is 11.6. The van der Waals surface area contributed by atoms with E-state index in [0.717, 1.165) is 18.9 Å². The number of benzene rings is 1. The number of allylic oxidation sites excluding steroid dienone is 4. The summed E-state index contributed by atoms with van der Waals surface area (Å²) in [6.07, 6.45) is 19.4. The largest absolute Gasteiger partial charge is 0.370 e. The summed E-state index contributed by atoms with van der Waals surface area (Å²) in [6, 6.07) is 9.34. The summed E-state index contributed by atoms with van der Waals surface area (Å²) in [7, 11) is 0. The maximum atomic E-state index is 6.69. The van der Waals surface area contributed by atoms with E-state index in [9.17, 15) is 0 Å². The first-order valence-electron chi connectivity index (χ1n) is 13.4. The standard InChI is InChI=1S/C31H36N2O/c1-21-14-18-34-31(21)15-13-28-26-12-9-22-5-3-4-6-25(22)29(26)27(19-30(28,31)2)23-7-10-24(11-8-23)33-17-16-32-20-33/h5,7-8,10-11,16-17,20,26-28H,1,3-4,6,9,12-15,18-19H2,2H3. The Morgan fingerprint density at radius 3 is 2.76 bits per heavy atom. The average Bonchev–Trinajstić information content (AvgIpc) is 3.60. The lowest BCUT2D eigenvalue weighted by Crippen LogP contribution is -2.51. The summed E-state index contributed by atoms with van der Waals surface area (Å²) < 4.78 is 8.78. The summed E-state index contributed by atoms with van der Waals surface area (Å²) in [4.78, 5) is 4.23. The molecule has 1 spiro atoms. The van der Waals surface area contributed by atoms with Crippen LogP contribution >= 0.6 is 0 Å². The van der Waals surface area contributed by atoms with Crippen LogP contribution in [0.5, 0.6) is 0 Å². The Bertz CT molecular complexity index is 1190. The van der Waals surface area contributed by atoms with Crippen LogP contribution in [0.4, 0.5) is 0 Å². The molecule has 5 aliphatic rings. The highest BCUT2D eigenvalue weighted by atomic mass is 16.5. The lowest BCUT2D eigenvalue weighted by Gasteiger charge is -2.55. The molecule has 0 amide bonds. The third kappa shape index (κ3) is 2.77. The van der Waals surface area contributed by atoms with E-state index in [-0.39, 0.29) is 11.0 Å². The predicted octanol–water partition coefficient (Wildman–Crippen LogP) is 7.31. The Morgan fingerprint density at radius 1 is 1.12 bits per heavy atom. The molecule has 3 heteroatoms. The number of rotatable bonds is 2. The number of nitrogens with zero attached hydrogens (tertiary/aromatic N) is 2. The molecule has 2 aromatic rings. The van der Waals surface area contributed by atoms with Gasteiger partial charge in [0.1, 0.15) is 0 Å². The molecule has 3 nitrogen and oxygen atoms in total. The van der Waals surface area contributed by atoms with Gasteiger partial charge in [0.2, 0.25) is 0 Å². The first-order valence-corrected chi connectivity index (χ1v) is 13.4. The molecule has 7 rings (SSSR count). The SMILES string of the molecule is C=C1CCOC12CCC1C3CCC4=CCCCC4=C3C(c3ccc(-n4ccnc4)cc3)CC12C. The van der Waals surface area contributed by atoms with Crippen molar-refractivity contribution in [2.75, 3.05) is 6.61 Å². The van der Waals surface area contributed by atoms with Crippen LogP contribution in [0, 0.1) is 17.3 Å². The van der Waals surface area contributed by atoms with E-state index in [0.29, 0.717) is 11.8 Å². The summed E-state index contributed by atoms with van der Waals surface area (Å²) >= 11 is 0. The van der Waals surface area contributed by atoms with Crippen molar-refractivity contribution in [2.24, 2.45) is 17.3 Å². The maximum Gasteiger partial charge on any atom is 0.0991 e. The van der Waals surface area contributed by atoms with Gasteiger partial charge in [0.05, 0.1) is 18.5 Å². The first kappa shape index (κ1) is 20.9. The molecule has 1 aliphatic heterocycles. The monoisotopic (exact) mass is 452 g/mol. The fourth-order valence-electron chi connectivity index (χ4n) is 8.81. The molecular weight excluding hydrogens is 416 g/mol. The van der Waals surface area contributed by atoms with Gasteiger partial charge in [-0.2, -0.15) is 0 Å². The van der Waals surface area contributed by atoms with E-state index in [1.54, 1.807) is 16.7 Å². The quantitative estimate of drug-likeness (QED) is 0.447. The summed E-state index contributed by atoms with van der Waals surface area (Å²) in [5.74, 6) is 1.89. The molecule has 4 aliphatic carbocycles. The molecule has 0 bridgehead atoms. The van der Waals surface area contributed by atoms with Crippen LogP contribution in [-0.4, -0.2) is 21.8 Å². The fraction of sp³-hybridized carbons (Fsp3) is 0.516. The van der Waals surface area contributed by atoms with E-state index >= 15 is 0 Å². The Kier molecular flexibility index (Phi) is 4.65. The molecule has 3 fully saturated rings. The maximum absolute atomic E-state index is 6.69. The minimum absolute atomic E-state index is 0.106. The Labute approximate surface area is 203 Å².